The Kier molecular flexibility index (Phi) is 4.81. The molecular formula is C23H22N4O. The maximum absolute atomic E-state index is 12.4. The first kappa shape index (κ1) is 17.8. The summed E-state index contributed by atoms with van der Waals surface area (Å²) in [7, 11) is 2.04. The van der Waals surface area contributed by atoms with Crippen LogP contribution in [0.1, 0.15) is 11.3 Å². The number of hydrogen-bond donors (Lipinski definition) is 1. The Labute approximate surface area is 163 Å². The van der Waals surface area contributed by atoms with Crippen LogP contribution < -0.4 is 15.8 Å². The Balaban J connectivity index is 1.60. The van der Waals surface area contributed by atoms with Crippen LogP contribution in [0.5, 0.6) is 0 Å². The number of pyridine rings is 1. The smallest absolute Gasteiger partial charge is 0.258 e. The van der Waals surface area contributed by atoms with E-state index in [-0.39, 0.29) is 5.56 Å². The number of aryl methyl sites for hydroxylation is 1. The molecule has 0 aliphatic carbocycles. The molecule has 0 fully saturated rings. The van der Waals surface area contributed by atoms with Gasteiger partial charge in [0.1, 0.15) is 5.65 Å². The fourth-order valence-corrected chi connectivity index (χ4v) is 3.24. The third-order valence-corrected chi connectivity index (χ3v) is 4.73. The fraction of sp³-hybridized carbons (Fsp3) is 0.130. The summed E-state index contributed by atoms with van der Waals surface area (Å²) in [6.07, 6.45) is 1.81. The van der Waals surface area contributed by atoms with Crippen LogP contribution in [0.4, 0.5) is 17.1 Å². The lowest BCUT2D eigenvalue weighted by molar-refractivity contribution is 0.965. The Morgan fingerprint density at radius 1 is 1.00 bits per heavy atom. The van der Waals surface area contributed by atoms with Crippen molar-refractivity contribution < 1.29 is 0 Å². The van der Waals surface area contributed by atoms with Crippen LogP contribution in [0.25, 0.3) is 5.65 Å². The highest BCUT2D eigenvalue weighted by molar-refractivity contribution is 5.75. The summed E-state index contributed by atoms with van der Waals surface area (Å²) in [5.41, 5.74) is 5.48. The van der Waals surface area contributed by atoms with Crippen molar-refractivity contribution in [3.8, 4) is 0 Å². The van der Waals surface area contributed by atoms with E-state index in [2.05, 4.69) is 33.4 Å². The van der Waals surface area contributed by atoms with Gasteiger partial charge >= 0.3 is 0 Å². The number of aromatic nitrogens is 2. The summed E-state index contributed by atoms with van der Waals surface area (Å²) >= 11 is 0. The number of benzene rings is 2. The molecule has 0 saturated carbocycles. The Morgan fingerprint density at radius 2 is 1.75 bits per heavy atom. The van der Waals surface area contributed by atoms with Gasteiger partial charge in [-0.25, -0.2) is 4.98 Å². The van der Waals surface area contributed by atoms with E-state index in [1.807, 2.05) is 68.7 Å². The van der Waals surface area contributed by atoms with E-state index in [4.69, 9.17) is 0 Å². The van der Waals surface area contributed by atoms with Crippen LogP contribution in [0, 0.1) is 6.92 Å². The second-order valence-electron chi connectivity index (χ2n) is 6.79. The summed E-state index contributed by atoms with van der Waals surface area (Å²) < 4.78 is 1.58. The van der Waals surface area contributed by atoms with Gasteiger partial charge in [-0.2, -0.15) is 0 Å². The lowest BCUT2D eigenvalue weighted by atomic mass is 10.2. The molecule has 0 amide bonds. The first-order valence-corrected chi connectivity index (χ1v) is 9.22. The Hall–Kier alpha value is -3.60. The molecule has 0 saturated heterocycles. The van der Waals surface area contributed by atoms with Gasteiger partial charge in [0.25, 0.3) is 5.56 Å². The van der Waals surface area contributed by atoms with Crippen molar-refractivity contribution in [1.82, 2.24) is 9.38 Å². The number of para-hydroxylation sites is 3. The molecule has 5 heteroatoms. The van der Waals surface area contributed by atoms with Crippen LogP contribution in [0.15, 0.2) is 83.8 Å². The van der Waals surface area contributed by atoms with E-state index < -0.39 is 0 Å². The first-order chi connectivity index (χ1) is 13.6. The van der Waals surface area contributed by atoms with Crippen molar-refractivity contribution in [3.63, 3.8) is 0 Å². The third-order valence-electron chi connectivity index (χ3n) is 4.73. The molecule has 5 nitrogen and oxygen atoms in total. The Bertz CT molecular complexity index is 1170. The van der Waals surface area contributed by atoms with Crippen LogP contribution >= 0.6 is 0 Å². The molecule has 140 valence electrons. The van der Waals surface area contributed by atoms with Crippen LogP contribution in [-0.2, 0) is 6.54 Å². The topological polar surface area (TPSA) is 49.6 Å². The number of nitrogens with zero attached hydrogens (tertiary/aromatic N) is 3. The molecule has 0 aliphatic rings. The van der Waals surface area contributed by atoms with Gasteiger partial charge < -0.3 is 10.2 Å². The van der Waals surface area contributed by atoms with Gasteiger partial charge in [-0.15, -0.1) is 0 Å². The molecule has 0 bridgehead atoms. The van der Waals surface area contributed by atoms with Crippen molar-refractivity contribution in [2.45, 2.75) is 13.5 Å². The summed E-state index contributed by atoms with van der Waals surface area (Å²) in [4.78, 5) is 19.2. The summed E-state index contributed by atoms with van der Waals surface area (Å²) in [5, 5.41) is 3.43. The minimum atomic E-state index is -0.0693. The largest absolute Gasteiger partial charge is 0.378 e. The molecule has 4 aromatic rings. The average molecular weight is 370 g/mol. The predicted octanol–water partition coefficient (Wildman–Crippen LogP) is 4.38. The second kappa shape index (κ2) is 7.56. The van der Waals surface area contributed by atoms with Gasteiger partial charge in [0.05, 0.1) is 23.6 Å². The lowest BCUT2D eigenvalue weighted by Crippen LogP contribution is -2.17. The molecule has 0 spiro atoms. The van der Waals surface area contributed by atoms with E-state index in [1.54, 1.807) is 10.5 Å². The summed E-state index contributed by atoms with van der Waals surface area (Å²) in [6.45, 7) is 2.43. The van der Waals surface area contributed by atoms with E-state index in [0.717, 1.165) is 22.6 Å². The molecule has 0 atom stereocenters. The van der Waals surface area contributed by atoms with E-state index in [1.165, 1.54) is 0 Å². The highest BCUT2D eigenvalue weighted by Gasteiger charge is 2.09. The molecule has 2 aromatic carbocycles. The van der Waals surface area contributed by atoms with Crippen LogP contribution in [0.2, 0.25) is 0 Å². The van der Waals surface area contributed by atoms with Crippen molar-refractivity contribution in [1.29, 1.82) is 0 Å². The van der Waals surface area contributed by atoms with Crippen molar-refractivity contribution in [2.75, 3.05) is 17.3 Å². The van der Waals surface area contributed by atoms with Gasteiger partial charge in [-0.1, -0.05) is 36.4 Å². The number of rotatable bonds is 5. The monoisotopic (exact) mass is 370 g/mol. The van der Waals surface area contributed by atoms with Crippen molar-refractivity contribution in [2.24, 2.45) is 0 Å². The Morgan fingerprint density at radius 3 is 2.57 bits per heavy atom. The van der Waals surface area contributed by atoms with E-state index in [9.17, 15) is 4.79 Å². The van der Waals surface area contributed by atoms with Gasteiger partial charge in [-0.3, -0.25) is 9.20 Å². The summed E-state index contributed by atoms with van der Waals surface area (Å²) in [6, 6.07) is 23.7. The van der Waals surface area contributed by atoms with Crippen molar-refractivity contribution in [3.05, 3.63) is 101 Å². The average Bonchev–Trinajstić information content (AvgIpc) is 2.73. The van der Waals surface area contributed by atoms with E-state index in [0.29, 0.717) is 17.9 Å². The van der Waals surface area contributed by atoms with Crippen LogP contribution in [-0.4, -0.2) is 16.4 Å². The molecule has 2 aromatic heterocycles. The third kappa shape index (κ3) is 3.60. The van der Waals surface area contributed by atoms with Gasteiger partial charge in [0, 0.05) is 25.0 Å². The second-order valence-corrected chi connectivity index (χ2v) is 6.79. The first-order valence-electron chi connectivity index (χ1n) is 9.22. The molecule has 0 radical (unpaired) electrons. The normalized spacial score (nSPS) is 10.8. The van der Waals surface area contributed by atoms with E-state index >= 15 is 0 Å². The number of anilines is 3. The van der Waals surface area contributed by atoms with Crippen LogP contribution in [0.3, 0.4) is 0 Å². The molecule has 4 rings (SSSR count). The quantitative estimate of drug-likeness (QED) is 0.566. The summed E-state index contributed by atoms with van der Waals surface area (Å²) in [5.74, 6) is 0. The molecule has 0 aliphatic heterocycles. The minimum absolute atomic E-state index is 0.0693. The maximum atomic E-state index is 12.4. The standard InChI is InChI=1S/C23H22N4O/c1-17-12-13-22-25-18(14-23(28)27(22)16-17)15-24-20-10-6-7-11-21(20)26(2)19-8-4-3-5-9-19/h3-14,16,24H,15H2,1-2H3. The molecule has 1 N–H and O–H groups in total. The SMILES string of the molecule is Cc1ccc2nc(CNc3ccccc3N(C)c3ccccc3)cc(=O)n2c1. The van der Waals surface area contributed by atoms with Gasteiger partial charge in [0.15, 0.2) is 0 Å². The molecule has 0 unspecified atom stereocenters. The van der Waals surface area contributed by atoms with Gasteiger partial charge in [-0.05, 0) is 42.8 Å². The lowest BCUT2D eigenvalue weighted by Gasteiger charge is -2.23. The maximum Gasteiger partial charge on any atom is 0.258 e. The molecular weight excluding hydrogens is 348 g/mol. The zero-order valence-electron chi connectivity index (χ0n) is 16.0. The predicted molar refractivity (Wildman–Crippen MR) is 114 cm³/mol. The number of hydrogen-bond acceptors (Lipinski definition) is 4. The number of nitrogens with one attached hydrogen (secondary N) is 1. The highest BCUT2D eigenvalue weighted by Crippen LogP contribution is 2.30. The minimum Gasteiger partial charge on any atom is -0.378 e. The zero-order chi connectivity index (χ0) is 19.5. The number of fused-ring (bicyclic) bond motifs is 1. The fourth-order valence-electron chi connectivity index (χ4n) is 3.24. The van der Waals surface area contributed by atoms with Crippen molar-refractivity contribution >= 4 is 22.7 Å². The molecule has 2 heterocycles. The zero-order valence-corrected chi connectivity index (χ0v) is 16.0. The molecule has 28 heavy (non-hydrogen) atoms. The highest BCUT2D eigenvalue weighted by atomic mass is 16.1. The van der Waals surface area contributed by atoms with Gasteiger partial charge in [0.2, 0.25) is 0 Å².